The van der Waals surface area contributed by atoms with Gasteiger partial charge in [-0.3, -0.25) is 0 Å². The van der Waals surface area contributed by atoms with Crippen LogP contribution in [-0.4, -0.2) is 17.8 Å². The fourth-order valence-corrected chi connectivity index (χ4v) is 2.27. The number of hydrogen-bond acceptors (Lipinski definition) is 3. The van der Waals surface area contributed by atoms with Gasteiger partial charge in [-0.05, 0) is 35.9 Å². The fourth-order valence-electron chi connectivity index (χ4n) is 2.27. The Labute approximate surface area is 92.8 Å². The highest BCUT2D eigenvalue weighted by Crippen LogP contribution is 2.28. The second-order valence-electron chi connectivity index (χ2n) is 4.07. The van der Waals surface area contributed by atoms with Crippen molar-refractivity contribution in [3.05, 3.63) is 35.4 Å². The van der Waals surface area contributed by atoms with E-state index in [2.05, 4.69) is 15.9 Å². The van der Waals surface area contributed by atoms with Crippen molar-refractivity contribution in [2.24, 2.45) is 5.18 Å². The van der Waals surface area contributed by atoms with Gasteiger partial charge < -0.3 is 9.30 Å². The van der Waals surface area contributed by atoms with Crippen LogP contribution in [0, 0.1) is 4.91 Å². The van der Waals surface area contributed by atoms with E-state index in [0.29, 0.717) is 11.7 Å². The Kier molecular flexibility index (Phi) is 2.22. The maximum atomic E-state index is 10.4. The van der Waals surface area contributed by atoms with Crippen LogP contribution < -0.4 is 0 Å². The fraction of sp³-hybridized carbons (Fsp3) is 0.333. The summed E-state index contributed by atoms with van der Waals surface area (Å²) in [6, 6.07) is 7.95. The van der Waals surface area contributed by atoms with Crippen molar-refractivity contribution >= 4 is 16.6 Å². The Bertz CT molecular complexity index is 527. The topological polar surface area (TPSA) is 43.6 Å². The van der Waals surface area contributed by atoms with E-state index in [0.717, 1.165) is 30.5 Å². The molecular weight excluding hydrogens is 204 g/mol. The summed E-state index contributed by atoms with van der Waals surface area (Å²) in [7, 11) is 0. The molecule has 4 heteroatoms. The molecule has 2 aromatic rings. The summed E-state index contributed by atoms with van der Waals surface area (Å²) in [5.41, 5.74) is 1.62. The number of fused-ring (bicyclic) bond motifs is 1. The van der Waals surface area contributed by atoms with Crippen LogP contribution >= 0.6 is 0 Å². The molecule has 1 aromatic carbocycles. The van der Waals surface area contributed by atoms with Crippen LogP contribution in [0.2, 0.25) is 0 Å². The average molecular weight is 216 g/mol. The predicted molar refractivity (Wildman–Crippen MR) is 61.9 cm³/mol. The zero-order valence-corrected chi connectivity index (χ0v) is 8.80. The molecule has 3 rings (SSSR count). The number of ether oxygens (including phenoxy) is 1. The lowest BCUT2D eigenvalue weighted by molar-refractivity contribution is 0.187. The van der Waals surface area contributed by atoms with Gasteiger partial charge in [0.25, 0.3) is 0 Å². The van der Waals surface area contributed by atoms with Crippen molar-refractivity contribution in [3.63, 3.8) is 0 Å². The van der Waals surface area contributed by atoms with E-state index in [1.54, 1.807) is 6.07 Å². The first-order valence-electron chi connectivity index (χ1n) is 5.40. The third-order valence-electron chi connectivity index (χ3n) is 3.11. The number of hydrogen-bond donors (Lipinski definition) is 0. The summed E-state index contributed by atoms with van der Waals surface area (Å²) in [5.74, 6) is 0. The molecule has 0 bridgehead atoms. The summed E-state index contributed by atoms with van der Waals surface area (Å²) in [5, 5.41) is 4.00. The van der Waals surface area contributed by atoms with Gasteiger partial charge in [0, 0.05) is 23.7 Å². The zero-order chi connectivity index (χ0) is 11.0. The first kappa shape index (κ1) is 9.54. The summed E-state index contributed by atoms with van der Waals surface area (Å²) < 4.78 is 7.60. The molecule has 1 aliphatic heterocycles. The third-order valence-corrected chi connectivity index (χ3v) is 3.11. The molecule has 1 atom stereocenters. The summed E-state index contributed by atoms with van der Waals surface area (Å²) >= 11 is 0. The van der Waals surface area contributed by atoms with Crippen LogP contribution in [0.3, 0.4) is 0 Å². The first-order chi connectivity index (χ1) is 7.88. The van der Waals surface area contributed by atoms with E-state index in [1.165, 1.54) is 0 Å². The van der Waals surface area contributed by atoms with Gasteiger partial charge in [-0.25, -0.2) is 0 Å². The molecule has 0 spiro atoms. The van der Waals surface area contributed by atoms with Crippen LogP contribution in [-0.2, 0) is 4.74 Å². The predicted octanol–water partition coefficient (Wildman–Crippen LogP) is 3.00. The number of aromatic nitrogens is 1. The lowest BCUT2D eigenvalue weighted by Gasteiger charge is -2.11. The van der Waals surface area contributed by atoms with Crippen LogP contribution in [0.4, 0.5) is 5.69 Å². The largest absolute Gasteiger partial charge is 0.379 e. The highest BCUT2D eigenvalue weighted by Gasteiger charge is 2.18. The molecule has 16 heavy (non-hydrogen) atoms. The summed E-state index contributed by atoms with van der Waals surface area (Å²) in [4.78, 5) is 10.4. The highest BCUT2D eigenvalue weighted by atomic mass is 16.5. The lowest BCUT2D eigenvalue weighted by Crippen LogP contribution is -2.06. The summed E-state index contributed by atoms with van der Waals surface area (Å²) in [6.45, 7) is 1.61. The van der Waals surface area contributed by atoms with Gasteiger partial charge in [0.1, 0.15) is 5.69 Å². The van der Waals surface area contributed by atoms with Gasteiger partial charge in [-0.1, -0.05) is 0 Å². The smallest absolute Gasteiger partial charge is 0.108 e. The number of nitrogens with zero attached hydrogens (tertiary/aromatic N) is 2. The van der Waals surface area contributed by atoms with E-state index in [-0.39, 0.29) is 0 Å². The maximum Gasteiger partial charge on any atom is 0.108 e. The summed E-state index contributed by atoms with van der Waals surface area (Å²) in [6.07, 6.45) is 3.11. The van der Waals surface area contributed by atoms with Crippen LogP contribution in [0.15, 0.2) is 35.6 Å². The Morgan fingerprint density at radius 3 is 3.06 bits per heavy atom. The van der Waals surface area contributed by atoms with Crippen LogP contribution in [0.5, 0.6) is 0 Å². The third kappa shape index (κ3) is 1.42. The SMILES string of the molecule is O=Nc1ccc2c(ccn2C2CCOC2)c1. The molecule has 2 heterocycles. The van der Waals surface area contributed by atoms with E-state index >= 15 is 0 Å². The van der Waals surface area contributed by atoms with E-state index in [1.807, 2.05) is 18.2 Å². The molecule has 0 aliphatic carbocycles. The molecule has 1 aromatic heterocycles. The Morgan fingerprint density at radius 2 is 2.31 bits per heavy atom. The molecule has 0 saturated carbocycles. The average Bonchev–Trinajstić information content (AvgIpc) is 2.96. The number of rotatable bonds is 2. The molecule has 4 nitrogen and oxygen atoms in total. The van der Waals surface area contributed by atoms with Gasteiger partial charge in [0.05, 0.1) is 12.6 Å². The lowest BCUT2D eigenvalue weighted by atomic mass is 10.2. The first-order valence-corrected chi connectivity index (χ1v) is 5.40. The highest BCUT2D eigenvalue weighted by molar-refractivity contribution is 5.83. The standard InChI is InChI=1S/C12H12N2O2/c15-13-10-1-2-12-9(7-10)3-5-14(12)11-4-6-16-8-11/h1-3,5,7,11H,4,6,8H2. The Morgan fingerprint density at radius 1 is 1.38 bits per heavy atom. The van der Waals surface area contributed by atoms with E-state index < -0.39 is 0 Å². The van der Waals surface area contributed by atoms with Gasteiger partial charge in [-0.2, -0.15) is 0 Å². The molecule has 0 N–H and O–H groups in total. The zero-order valence-electron chi connectivity index (χ0n) is 8.80. The van der Waals surface area contributed by atoms with Crippen molar-refractivity contribution in [1.82, 2.24) is 4.57 Å². The normalized spacial score (nSPS) is 20.4. The van der Waals surface area contributed by atoms with Gasteiger partial charge in [0.15, 0.2) is 0 Å². The van der Waals surface area contributed by atoms with E-state index in [9.17, 15) is 4.91 Å². The quantitative estimate of drug-likeness (QED) is 0.724. The van der Waals surface area contributed by atoms with Crippen molar-refractivity contribution in [3.8, 4) is 0 Å². The minimum Gasteiger partial charge on any atom is -0.379 e. The number of nitroso groups, excluding NO2 is 1. The molecule has 1 fully saturated rings. The van der Waals surface area contributed by atoms with E-state index in [4.69, 9.17) is 4.74 Å². The van der Waals surface area contributed by atoms with Gasteiger partial charge >= 0.3 is 0 Å². The molecule has 0 amide bonds. The van der Waals surface area contributed by atoms with Crippen molar-refractivity contribution in [1.29, 1.82) is 0 Å². The molecule has 0 radical (unpaired) electrons. The molecule has 1 saturated heterocycles. The van der Waals surface area contributed by atoms with Gasteiger partial charge in [0.2, 0.25) is 0 Å². The van der Waals surface area contributed by atoms with Crippen molar-refractivity contribution in [2.45, 2.75) is 12.5 Å². The molecule has 1 unspecified atom stereocenters. The molecular formula is C12H12N2O2. The monoisotopic (exact) mass is 216 g/mol. The number of benzene rings is 1. The molecule has 1 aliphatic rings. The second-order valence-corrected chi connectivity index (χ2v) is 4.07. The Hall–Kier alpha value is -1.68. The minimum absolute atomic E-state index is 0.424. The molecule has 82 valence electrons. The maximum absolute atomic E-state index is 10.4. The van der Waals surface area contributed by atoms with Crippen molar-refractivity contribution < 1.29 is 4.74 Å². The van der Waals surface area contributed by atoms with Gasteiger partial charge in [-0.15, -0.1) is 4.91 Å². The van der Waals surface area contributed by atoms with Crippen LogP contribution in [0.1, 0.15) is 12.5 Å². The van der Waals surface area contributed by atoms with Crippen LogP contribution in [0.25, 0.3) is 10.9 Å². The minimum atomic E-state index is 0.424. The Balaban J connectivity index is 2.09. The second kappa shape index (κ2) is 3.72. The van der Waals surface area contributed by atoms with Crippen molar-refractivity contribution in [2.75, 3.05) is 13.2 Å².